The highest BCUT2D eigenvalue weighted by molar-refractivity contribution is 9.10. The number of nitrogens with one attached hydrogen (secondary N) is 1. The molecule has 0 aliphatic rings. The Morgan fingerprint density at radius 3 is 2.60 bits per heavy atom. The Labute approximate surface area is 124 Å². The second-order valence-electron chi connectivity index (χ2n) is 4.12. The van der Waals surface area contributed by atoms with Gasteiger partial charge in [0.2, 0.25) is 5.91 Å². The molecule has 2 aromatic rings. The van der Waals surface area contributed by atoms with E-state index in [4.69, 9.17) is 0 Å². The molecule has 0 spiro atoms. The summed E-state index contributed by atoms with van der Waals surface area (Å²) in [6.07, 6.45) is 1.72. The molecule has 2 rings (SSSR count). The van der Waals surface area contributed by atoms with Gasteiger partial charge in [0.15, 0.2) is 0 Å². The molecular formula is C15H12BrFN2O. The Balaban J connectivity index is 1.89. The summed E-state index contributed by atoms with van der Waals surface area (Å²) in [6.45, 7) is 0. The first-order valence-electron chi connectivity index (χ1n) is 5.96. The third-order valence-electron chi connectivity index (χ3n) is 2.58. The van der Waals surface area contributed by atoms with E-state index < -0.39 is 0 Å². The highest BCUT2D eigenvalue weighted by Gasteiger charge is 2.02. The zero-order valence-electron chi connectivity index (χ0n) is 10.5. The van der Waals surface area contributed by atoms with Crippen LogP contribution in [-0.2, 0) is 11.2 Å². The van der Waals surface area contributed by atoms with Crippen LogP contribution in [0.2, 0.25) is 0 Å². The maximum absolute atomic E-state index is 12.7. The first-order chi connectivity index (χ1) is 9.65. The van der Waals surface area contributed by atoms with Crippen LogP contribution in [-0.4, -0.2) is 12.1 Å². The van der Waals surface area contributed by atoms with Crippen molar-refractivity contribution in [3.8, 4) is 0 Å². The van der Waals surface area contributed by atoms with Gasteiger partial charge in [-0.1, -0.05) is 46.3 Å². The lowest BCUT2D eigenvalue weighted by molar-refractivity contribution is -0.120. The average Bonchev–Trinajstić information content (AvgIpc) is 2.43. The summed E-state index contributed by atoms with van der Waals surface area (Å²) in [5, 5.41) is 3.89. The highest BCUT2D eigenvalue weighted by Crippen LogP contribution is 2.13. The van der Waals surface area contributed by atoms with E-state index in [0.717, 1.165) is 15.6 Å². The van der Waals surface area contributed by atoms with Crippen LogP contribution in [0.3, 0.4) is 0 Å². The standard InChI is InChI=1S/C15H12BrFN2O/c16-14-4-2-1-3-12(14)10-18-19-15(20)9-11-5-7-13(17)8-6-11/h1-8,10H,9H2,(H,19,20)/b18-10+. The molecule has 1 amide bonds. The summed E-state index contributed by atoms with van der Waals surface area (Å²) >= 11 is 3.38. The van der Waals surface area contributed by atoms with Crippen LogP contribution < -0.4 is 5.43 Å². The molecule has 0 aliphatic carbocycles. The van der Waals surface area contributed by atoms with Gasteiger partial charge >= 0.3 is 0 Å². The quantitative estimate of drug-likeness (QED) is 0.676. The second-order valence-corrected chi connectivity index (χ2v) is 4.97. The summed E-state index contributed by atoms with van der Waals surface area (Å²) in [6, 6.07) is 13.3. The summed E-state index contributed by atoms with van der Waals surface area (Å²) < 4.78 is 13.6. The van der Waals surface area contributed by atoms with Gasteiger partial charge in [0, 0.05) is 10.0 Å². The van der Waals surface area contributed by atoms with Crippen molar-refractivity contribution in [1.29, 1.82) is 0 Å². The molecule has 0 aliphatic heterocycles. The molecule has 102 valence electrons. The molecule has 0 atom stereocenters. The molecule has 0 unspecified atom stereocenters. The number of halogens is 2. The minimum absolute atomic E-state index is 0.160. The van der Waals surface area contributed by atoms with Crippen molar-refractivity contribution in [2.45, 2.75) is 6.42 Å². The van der Waals surface area contributed by atoms with E-state index in [0.29, 0.717) is 0 Å². The minimum Gasteiger partial charge on any atom is -0.273 e. The van der Waals surface area contributed by atoms with Crippen LogP contribution in [0.1, 0.15) is 11.1 Å². The fraction of sp³-hybridized carbons (Fsp3) is 0.0667. The van der Waals surface area contributed by atoms with Gasteiger partial charge in [-0.3, -0.25) is 4.79 Å². The van der Waals surface area contributed by atoms with Gasteiger partial charge in [-0.05, 0) is 23.8 Å². The number of hydrogen-bond acceptors (Lipinski definition) is 2. The van der Waals surface area contributed by atoms with Crippen LogP contribution >= 0.6 is 15.9 Å². The van der Waals surface area contributed by atoms with Crippen LogP contribution in [0.4, 0.5) is 4.39 Å². The monoisotopic (exact) mass is 334 g/mol. The first kappa shape index (κ1) is 14.4. The zero-order valence-corrected chi connectivity index (χ0v) is 12.1. The SMILES string of the molecule is O=C(Cc1ccc(F)cc1)N/N=C/c1ccccc1Br. The summed E-state index contributed by atoms with van der Waals surface area (Å²) in [5.41, 5.74) is 4.04. The van der Waals surface area contributed by atoms with Crippen LogP contribution in [0, 0.1) is 5.82 Å². The van der Waals surface area contributed by atoms with Crippen LogP contribution in [0.5, 0.6) is 0 Å². The fourth-order valence-electron chi connectivity index (χ4n) is 1.58. The fourth-order valence-corrected chi connectivity index (χ4v) is 1.97. The van der Waals surface area contributed by atoms with E-state index in [1.165, 1.54) is 12.1 Å². The molecule has 0 fully saturated rings. The van der Waals surface area contributed by atoms with E-state index in [9.17, 15) is 9.18 Å². The Kier molecular flexibility index (Phi) is 5.01. The predicted molar refractivity (Wildman–Crippen MR) is 80.0 cm³/mol. The Morgan fingerprint density at radius 1 is 1.20 bits per heavy atom. The molecule has 3 nitrogen and oxygen atoms in total. The average molecular weight is 335 g/mol. The molecule has 1 N–H and O–H groups in total. The molecular weight excluding hydrogens is 323 g/mol. The second kappa shape index (κ2) is 6.96. The van der Waals surface area contributed by atoms with Crippen LogP contribution in [0.25, 0.3) is 0 Å². The van der Waals surface area contributed by atoms with E-state index in [1.54, 1.807) is 18.3 Å². The van der Waals surface area contributed by atoms with Gasteiger partial charge in [0.05, 0.1) is 12.6 Å². The first-order valence-corrected chi connectivity index (χ1v) is 6.75. The summed E-state index contributed by atoms with van der Waals surface area (Å²) in [4.78, 5) is 11.6. The van der Waals surface area contributed by atoms with E-state index >= 15 is 0 Å². The molecule has 0 saturated carbocycles. The summed E-state index contributed by atoms with van der Waals surface area (Å²) in [5.74, 6) is -0.569. The molecule has 0 aromatic heterocycles. The van der Waals surface area contributed by atoms with Crippen molar-refractivity contribution >= 4 is 28.1 Å². The number of amides is 1. The lowest BCUT2D eigenvalue weighted by Gasteiger charge is -2.01. The maximum Gasteiger partial charge on any atom is 0.244 e. The Morgan fingerprint density at radius 2 is 1.90 bits per heavy atom. The topological polar surface area (TPSA) is 41.5 Å². The van der Waals surface area contributed by atoms with Gasteiger partial charge in [0.25, 0.3) is 0 Å². The van der Waals surface area contributed by atoms with Crippen molar-refractivity contribution in [3.63, 3.8) is 0 Å². The Hall–Kier alpha value is -2.01. The van der Waals surface area contributed by atoms with Gasteiger partial charge in [0.1, 0.15) is 5.82 Å². The molecule has 0 bridgehead atoms. The molecule has 0 heterocycles. The molecule has 5 heteroatoms. The lowest BCUT2D eigenvalue weighted by atomic mass is 10.1. The van der Waals surface area contributed by atoms with Gasteiger partial charge in [-0.15, -0.1) is 0 Å². The number of carbonyl (C=O) groups excluding carboxylic acids is 1. The third-order valence-corrected chi connectivity index (χ3v) is 3.30. The molecule has 20 heavy (non-hydrogen) atoms. The lowest BCUT2D eigenvalue weighted by Crippen LogP contribution is -2.19. The smallest absolute Gasteiger partial charge is 0.244 e. The van der Waals surface area contributed by atoms with Crippen molar-refractivity contribution < 1.29 is 9.18 Å². The number of benzene rings is 2. The number of carbonyl (C=O) groups is 1. The van der Waals surface area contributed by atoms with Crippen molar-refractivity contribution in [2.24, 2.45) is 5.10 Å². The van der Waals surface area contributed by atoms with Gasteiger partial charge in [-0.2, -0.15) is 5.10 Å². The molecule has 0 radical (unpaired) electrons. The Bertz CT molecular complexity index is 626. The van der Waals surface area contributed by atoms with Crippen molar-refractivity contribution in [2.75, 3.05) is 0 Å². The zero-order chi connectivity index (χ0) is 14.4. The number of hydrogen-bond donors (Lipinski definition) is 1. The number of rotatable bonds is 4. The number of nitrogens with zero attached hydrogens (tertiary/aromatic N) is 1. The largest absolute Gasteiger partial charge is 0.273 e. The highest BCUT2D eigenvalue weighted by atomic mass is 79.9. The van der Waals surface area contributed by atoms with Crippen molar-refractivity contribution in [1.82, 2.24) is 5.43 Å². The summed E-state index contributed by atoms with van der Waals surface area (Å²) in [7, 11) is 0. The van der Waals surface area contributed by atoms with Crippen molar-refractivity contribution in [3.05, 3.63) is 69.9 Å². The normalized spacial score (nSPS) is 10.7. The maximum atomic E-state index is 12.7. The van der Waals surface area contributed by atoms with E-state index in [2.05, 4.69) is 26.5 Å². The number of hydrazone groups is 1. The predicted octanol–water partition coefficient (Wildman–Crippen LogP) is 3.28. The van der Waals surface area contributed by atoms with E-state index in [-0.39, 0.29) is 18.1 Å². The van der Waals surface area contributed by atoms with E-state index in [1.807, 2.05) is 24.3 Å². The minimum atomic E-state index is -0.318. The molecule has 0 saturated heterocycles. The van der Waals surface area contributed by atoms with Gasteiger partial charge in [-0.25, -0.2) is 9.82 Å². The molecule has 2 aromatic carbocycles. The van der Waals surface area contributed by atoms with Gasteiger partial charge < -0.3 is 0 Å². The third kappa shape index (κ3) is 4.28. The van der Waals surface area contributed by atoms with Crippen LogP contribution in [0.15, 0.2) is 58.1 Å².